The van der Waals surface area contributed by atoms with Gasteiger partial charge in [0.05, 0.1) is 22.2 Å². The molecule has 596 valence electrons. The van der Waals surface area contributed by atoms with E-state index in [-0.39, 0.29) is 28.7 Å². The summed E-state index contributed by atoms with van der Waals surface area (Å²) in [5.41, 5.74) is 20.7. The number of hydrogen-bond acceptors (Lipinski definition) is 8. The molecule has 20 rings (SSSR count). The molecule has 12 aromatic rings. The van der Waals surface area contributed by atoms with Gasteiger partial charge in [-0.1, -0.05) is 101 Å². The van der Waals surface area contributed by atoms with E-state index in [1.54, 1.807) is 10.5 Å². The Balaban J connectivity index is 0.000000110. The van der Waals surface area contributed by atoms with Gasteiger partial charge in [-0.25, -0.2) is 43.9 Å². The second-order valence-corrected chi connectivity index (χ2v) is 33.4. The van der Waals surface area contributed by atoms with Gasteiger partial charge in [0.15, 0.2) is 40.7 Å². The maximum absolute atomic E-state index is 14.3. The van der Waals surface area contributed by atoms with Crippen LogP contribution in [0.25, 0.3) is 43.6 Å². The van der Waals surface area contributed by atoms with Gasteiger partial charge < -0.3 is 41.2 Å². The predicted octanol–water partition coefficient (Wildman–Crippen LogP) is 18.2. The molecule has 8 aliphatic rings. The number of benzene rings is 8. The lowest BCUT2D eigenvalue weighted by molar-refractivity contribution is 0.118. The Kier molecular flexibility index (Phi) is 21.6. The van der Waals surface area contributed by atoms with E-state index < -0.39 is 68.8 Å². The number of rotatable bonds is 8. The molecule has 23 heteroatoms. The highest BCUT2D eigenvalue weighted by Gasteiger charge is 2.46. The molecule has 4 fully saturated rings. The Labute approximate surface area is 661 Å². The van der Waals surface area contributed by atoms with Gasteiger partial charge in [-0.2, -0.15) is 0 Å². The maximum atomic E-state index is 14.3. The summed E-state index contributed by atoms with van der Waals surface area (Å²) in [6.45, 7) is 18.3. The monoisotopic (exact) mass is 1580 g/mol. The van der Waals surface area contributed by atoms with Crippen LogP contribution in [0, 0.1) is 78.9 Å². The number of para-hydroxylation sites is 1. The van der Waals surface area contributed by atoms with Crippen LogP contribution in [-0.4, -0.2) is 118 Å². The van der Waals surface area contributed by atoms with Crippen LogP contribution in [0.5, 0.6) is 0 Å². The lowest BCUT2D eigenvalue weighted by Crippen LogP contribution is -2.54. The fourth-order valence-corrected chi connectivity index (χ4v) is 20.0. The van der Waals surface area contributed by atoms with Crippen molar-refractivity contribution in [2.75, 3.05) is 78.5 Å². The summed E-state index contributed by atoms with van der Waals surface area (Å²) in [7, 11) is 0. The third kappa shape index (κ3) is 14.8. The predicted molar refractivity (Wildman–Crippen MR) is 429 cm³/mol. The van der Waals surface area contributed by atoms with E-state index in [1.165, 1.54) is 119 Å². The Morgan fingerprint density at radius 2 is 0.658 bits per heavy atom. The topological polar surface area (TPSA) is 124 Å². The number of piperidine rings is 4. The minimum atomic E-state index is -2.12. The zero-order valence-corrected chi connectivity index (χ0v) is 65.2. The van der Waals surface area contributed by atoms with Crippen LogP contribution in [-0.2, 0) is 74.0 Å². The van der Waals surface area contributed by atoms with Crippen molar-refractivity contribution in [2.45, 2.75) is 146 Å². The van der Waals surface area contributed by atoms with Crippen molar-refractivity contribution in [3.05, 3.63) is 281 Å². The van der Waals surface area contributed by atoms with Gasteiger partial charge in [-0.3, -0.25) is 19.6 Å². The molecule has 0 aliphatic carbocycles. The number of aromatic nitrogens is 4. The fourth-order valence-electron chi connectivity index (χ4n) is 19.8. The number of halogens is 11. The van der Waals surface area contributed by atoms with Crippen LogP contribution in [0.4, 0.5) is 43.9 Å². The van der Waals surface area contributed by atoms with E-state index in [0.717, 1.165) is 147 Å². The molecule has 0 radical (unpaired) electrons. The van der Waals surface area contributed by atoms with E-state index in [0.29, 0.717) is 50.1 Å². The number of likely N-dealkylation sites (tertiary alicyclic amines) is 4. The molecule has 8 aromatic carbocycles. The van der Waals surface area contributed by atoms with Crippen molar-refractivity contribution >= 4 is 55.2 Å². The zero-order valence-electron chi connectivity index (χ0n) is 64.4. The quantitative estimate of drug-likeness (QED) is 0.0430. The fraction of sp³-hybridized carbons (Fsp3) is 0.385. The van der Waals surface area contributed by atoms with Crippen molar-refractivity contribution in [3.8, 4) is 0 Å². The Bertz CT molecular complexity index is 5530. The third-order valence-electron chi connectivity index (χ3n) is 26.0. The van der Waals surface area contributed by atoms with Gasteiger partial charge in [0.1, 0.15) is 16.7 Å². The molecule has 0 bridgehead atoms. The second kappa shape index (κ2) is 31.7. The van der Waals surface area contributed by atoms with Gasteiger partial charge in [-0.05, 0) is 192 Å². The molecule has 0 atom stereocenters. The Morgan fingerprint density at radius 3 is 1.07 bits per heavy atom. The van der Waals surface area contributed by atoms with Gasteiger partial charge in [0.25, 0.3) is 0 Å². The minimum absolute atomic E-state index is 0.0595. The Hall–Kier alpha value is -8.81. The molecule has 12 heterocycles. The molecule has 0 saturated carbocycles. The maximum Gasteiger partial charge on any atom is 0.200 e. The van der Waals surface area contributed by atoms with Crippen molar-refractivity contribution in [2.24, 2.45) is 0 Å². The highest BCUT2D eigenvalue weighted by molar-refractivity contribution is 6.31. The number of aryl methyl sites for hydroxylation is 3. The summed E-state index contributed by atoms with van der Waals surface area (Å²) < 4.78 is 137. The smallest absolute Gasteiger partial charge is 0.200 e. The van der Waals surface area contributed by atoms with Gasteiger partial charge in [0, 0.05) is 182 Å². The summed E-state index contributed by atoms with van der Waals surface area (Å²) in [6, 6.07) is 44.0. The number of nitrogens with one attached hydrogen (secondary N) is 8. The average molecular weight is 1580 g/mol. The second-order valence-electron chi connectivity index (χ2n) is 33.0. The van der Waals surface area contributed by atoms with Gasteiger partial charge >= 0.3 is 0 Å². The lowest BCUT2D eigenvalue weighted by atomic mass is 9.79. The number of fused-ring (bicyclic) bond motifs is 16. The molecule has 4 saturated heterocycles. The largest absolute Gasteiger partial charge is 0.357 e. The van der Waals surface area contributed by atoms with Crippen LogP contribution in [0.15, 0.2) is 133 Å². The van der Waals surface area contributed by atoms with Gasteiger partial charge in [-0.15, -0.1) is 0 Å². The van der Waals surface area contributed by atoms with Crippen LogP contribution in [0.2, 0.25) is 5.02 Å². The molecule has 0 amide bonds. The van der Waals surface area contributed by atoms with Crippen LogP contribution in [0.1, 0.15) is 135 Å². The van der Waals surface area contributed by atoms with Gasteiger partial charge in [0.2, 0.25) is 5.82 Å². The van der Waals surface area contributed by atoms with E-state index in [1.807, 2.05) is 0 Å². The number of aromatic amines is 4. The first-order valence-electron chi connectivity index (χ1n) is 40.2. The molecule has 4 aromatic heterocycles. The summed E-state index contributed by atoms with van der Waals surface area (Å²) in [4.78, 5) is 23.4. The molecule has 8 N–H and O–H groups in total. The van der Waals surface area contributed by atoms with Crippen LogP contribution < -0.4 is 21.3 Å². The number of H-pyrrole nitrogens is 4. The SMILES string of the molecule is Cc1ccc2[nH]c3c(c2c1)CCNC31CCN(Cc2c(F)c(F)c(F)c(F)c2F)CC1.Cc1ccc2[nH]c3c(c2c1)CCNC31CCN(Cc2cc(F)c(F)c(F)c2)CC1.Cc1ccc2[nH]c3c(c2c1)CCNC31CCN(Cc2ccc(F)c(Cl)c2F)CC1.c1ccc(CN2CCC3(CC2)NCCc2c3[nH]c3ccccc23)cc1. The molecule has 0 unspecified atom stereocenters. The standard InChI is InChI=1S/C23H24ClF2N3.C23H22F5N3.C23H24F3N3.C22H25N3/c1-14-2-5-19-17(12-14)16-6-9-27-23(22(16)28-19)7-10-29(11-8-23)13-15-3-4-18(25)20(24)21(15)26;1-12-2-3-16-14(10-12)13-4-7-29-23(22(13)30-16)5-8-31(9-6-23)11-15-17(24)19(26)21(28)20(27)18(15)25;1-14-2-3-20-17(10-14)16-4-7-27-23(22(16)28-20)5-8-29(9-6-23)13-15-11-18(24)21(26)19(25)12-15;1-2-6-17(7-3-1)16-25-14-11-22(12-15-25)21-19(10-13-23-22)18-8-4-5-9-20(18)24-21/h2-5,12,27-28H,6-11,13H2,1H3;2-3,10,29-30H,4-9,11H2,1H3;2-3,10-12,27-28H,4-9,13H2,1H3;1-9,23-24H,10-16H2. The van der Waals surface area contributed by atoms with Crippen molar-refractivity contribution in [1.29, 1.82) is 0 Å². The molecule has 4 spiro atoms. The van der Waals surface area contributed by atoms with Crippen molar-refractivity contribution in [3.63, 3.8) is 0 Å². The first kappa shape index (κ1) is 77.7. The summed E-state index contributed by atoms with van der Waals surface area (Å²) >= 11 is 5.74. The normalized spacial score (nSPS) is 19.1. The van der Waals surface area contributed by atoms with E-state index in [4.69, 9.17) is 11.6 Å². The first-order chi connectivity index (χ1) is 55.1. The third-order valence-corrected chi connectivity index (χ3v) is 26.3. The van der Waals surface area contributed by atoms with Crippen LogP contribution >= 0.6 is 11.6 Å². The average Bonchev–Trinajstić information content (AvgIpc) is 1.60. The number of nitrogens with zero attached hydrogens (tertiary/aromatic N) is 4. The van der Waals surface area contributed by atoms with Crippen molar-refractivity contribution < 1.29 is 43.9 Å². The van der Waals surface area contributed by atoms with Crippen molar-refractivity contribution in [1.82, 2.24) is 60.8 Å². The molecular formula is C91H95ClF10N12. The molecular weight excluding hydrogens is 1490 g/mol. The molecule has 114 heavy (non-hydrogen) atoms. The lowest BCUT2D eigenvalue weighted by Gasteiger charge is -2.45. The van der Waals surface area contributed by atoms with Crippen LogP contribution in [0.3, 0.4) is 0 Å². The van der Waals surface area contributed by atoms with E-state index >= 15 is 0 Å². The molecule has 8 aliphatic heterocycles. The van der Waals surface area contributed by atoms with E-state index in [2.05, 4.69) is 186 Å². The highest BCUT2D eigenvalue weighted by atomic mass is 35.5. The summed E-state index contributed by atoms with van der Waals surface area (Å²) in [6.07, 6.45) is 11.5. The van der Waals surface area contributed by atoms with E-state index in [9.17, 15) is 43.9 Å². The summed E-state index contributed by atoms with van der Waals surface area (Å²) in [5, 5.41) is 19.9. The first-order valence-corrected chi connectivity index (χ1v) is 40.6. The molecule has 12 nitrogen and oxygen atoms in total. The number of hydrogen-bond donors (Lipinski definition) is 8. The zero-order chi connectivity index (χ0) is 79.0. The summed E-state index contributed by atoms with van der Waals surface area (Å²) in [5.74, 6) is -14.4. The minimum Gasteiger partial charge on any atom is -0.357 e. The highest BCUT2D eigenvalue weighted by Crippen LogP contribution is 2.46. The Morgan fingerprint density at radius 1 is 0.316 bits per heavy atom.